The van der Waals surface area contributed by atoms with Crippen LogP contribution >= 0.6 is 23.2 Å². The normalized spacial score (nSPS) is 26.6. The second-order valence-electron chi connectivity index (χ2n) is 8.89. The van der Waals surface area contributed by atoms with E-state index in [0.29, 0.717) is 13.0 Å². The third-order valence-electron chi connectivity index (χ3n) is 6.49. The van der Waals surface area contributed by atoms with Crippen LogP contribution in [-0.4, -0.2) is 42.5 Å². The number of halogens is 3. The minimum atomic E-state index is -3.13. The summed E-state index contributed by atoms with van der Waals surface area (Å²) >= 11 is 11.9. The fourth-order valence-electron chi connectivity index (χ4n) is 4.52. The van der Waals surface area contributed by atoms with Crippen LogP contribution in [0.15, 0.2) is 29.4 Å². The van der Waals surface area contributed by atoms with Gasteiger partial charge in [-0.25, -0.2) is 14.4 Å². The van der Waals surface area contributed by atoms with Crippen LogP contribution in [0.25, 0.3) is 0 Å². The summed E-state index contributed by atoms with van der Waals surface area (Å²) in [5.41, 5.74) is 4.90. The average Bonchev–Trinajstić information content (AvgIpc) is 2.74. The molecule has 4 N–H and O–H groups in total. The Balaban J connectivity index is 1.76. The molecule has 0 aromatic carbocycles. The number of thiol groups is 1. The summed E-state index contributed by atoms with van der Waals surface area (Å²) in [6.45, 7) is 5.86. The lowest BCUT2D eigenvalue weighted by atomic mass is 9.89. The van der Waals surface area contributed by atoms with E-state index in [9.17, 15) is 9.00 Å². The second kappa shape index (κ2) is 8.26. The Labute approximate surface area is 202 Å². The van der Waals surface area contributed by atoms with Gasteiger partial charge in [-0.05, 0) is 61.9 Å². The Hall–Kier alpha value is -2.14. The van der Waals surface area contributed by atoms with Gasteiger partial charge in [0.1, 0.15) is 34.4 Å². The predicted octanol–water partition coefficient (Wildman–Crippen LogP) is 3.22. The highest BCUT2D eigenvalue weighted by molar-refractivity contribution is 8.04. The molecule has 12 heteroatoms. The summed E-state index contributed by atoms with van der Waals surface area (Å²) in [4.78, 5) is 25.6. The molecule has 1 fully saturated rings. The minimum Gasteiger partial charge on any atom is -0.386 e. The van der Waals surface area contributed by atoms with Crippen molar-refractivity contribution in [1.82, 2.24) is 14.7 Å². The number of nitrogens with two attached hydrogens (primary N) is 1. The molecule has 1 amide bonds. The van der Waals surface area contributed by atoms with Crippen LogP contribution in [0.5, 0.6) is 0 Å². The molecule has 2 atom stereocenters. The number of nitrogens with zero attached hydrogens (tertiary/aromatic N) is 3. The standard InChI is InChI=1S/C21H25Cl2FN6O2S/c1-20(2)19(25)30-21(3,14-5-4-8-27-33(14,20)32)17-13(24)6-7-15(28-17)29-18(31)16-12(23)9-11(22)10-26-16/h6-7,9-10,14,33H,4-5,8H2,1-3H3,(H2,25,30)(H,27,32)(H,28,29,31)/t14-,21+/m1/s1. The van der Waals surface area contributed by atoms with Gasteiger partial charge in [-0.3, -0.25) is 18.7 Å². The van der Waals surface area contributed by atoms with Crippen LogP contribution in [0.1, 0.15) is 49.8 Å². The van der Waals surface area contributed by atoms with Crippen molar-refractivity contribution in [3.05, 3.63) is 51.6 Å². The summed E-state index contributed by atoms with van der Waals surface area (Å²) in [6, 6.07) is 3.90. The Morgan fingerprint density at radius 3 is 2.76 bits per heavy atom. The first-order valence-electron chi connectivity index (χ1n) is 10.4. The van der Waals surface area contributed by atoms with E-state index in [1.807, 2.05) is 0 Å². The highest BCUT2D eigenvalue weighted by Gasteiger charge is 2.57. The maximum absolute atomic E-state index is 15.1. The van der Waals surface area contributed by atoms with Crippen molar-refractivity contribution >= 4 is 50.9 Å². The van der Waals surface area contributed by atoms with E-state index in [1.54, 1.807) is 20.8 Å². The summed E-state index contributed by atoms with van der Waals surface area (Å²) in [7, 11) is -3.13. The summed E-state index contributed by atoms with van der Waals surface area (Å²) in [5, 5.41) is 2.42. The van der Waals surface area contributed by atoms with Crippen molar-refractivity contribution in [2.45, 2.75) is 49.1 Å². The minimum absolute atomic E-state index is 0.0390. The van der Waals surface area contributed by atoms with Gasteiger partial charge in [0, 0.05) is 12.7 Å². The van der Waals surface area contributed by atoms with E-state index in [2.05, 4.69) is 25.0 Å². The highest BCUT2D eigenvalue weighted by atomic mass is 35.5. The third kappa shape index (κ3) is 3.82. The molecule has 2 aromatic heterocycles. The largest absolute Gasteiger partial charge is 0.386 e. The maximum Gasteiger partial charge on any atom is 0.276 e. The summed E-state index contributed by atoms with van der Waals surface area (Å²) in [5.74, 6) is -1.02. The van der Waals surface area contributed by atoms with Crippen LogP contribution in [0.3, 0.4) is 0 Å². The van der Waals surface area contributed by atoms with Crippen molar-refractivity contribution < 1.29 is 13.4 Å². The van der Waals surface area contributed by atoms with Gasteiger partial charge in [-0.15, -0.1) is 0 Å². The molecular weight excluding hydrogens is 490 g/mol. The van der Waals surface area contributed by atoms with E-state index in [-0.39, 0.29) is 33.1 Å². The van der Waals surface area contributed by atoms with Gasteiger partial charge >= 0.3 is 0 Å². The molecule has 33 heavy (non-hydrogen) atoms. The smallest absolute Gasteiger partial charge is 0.276 e. The zero-order valence-electron chi connectivity index (χ0n) is 18.3. The number of hydrogen-bond acceptors (Lipinski definition) is 6. The van der Waals surface area contributed by atoms with Gasteiger partial charge in [0.15, 0.2) is 0 Å². The quantitative estimate of drug-likeness (QED) is 0.468. The van der Waals surface area contributed by atoms with E-state index in [1.165, 1.54) is 24.4 Å². The topological polar surface area (TPSA) is 122 Å². The number of amidine groups is 1. The van der Waals surface area contributed by atoms with Crippen LogP contribution < -0.4 is 15.8 Å². The Morgan fingerprint density at radius 1 is 1.33 bits per heavy atom. The van der Waals surface area contributed by atoms with Gasteiger partial charge in [-0.2, -0.15) is 0 Å². The number of hydrogen-bond donors (Lipinski definition) is 4. The molecule has 0 spiro atoms. The number of fused-ring (bicyclic) bond motifs is 1. The van der Waals surface area contributed by atoms with Gasteiger partial charge < -0.3 is 11.1 Å². The molecule has 2 aliphatic rings. The van der Waals surface area contributed by atoms with Gasteiger partial charge in [-0.1, -0.05) is 23.2 Å². The molecule has 0 aliphatic carbocycles. The lowest BCUT2D eigenvalue weighted by molar-refractivity contribution is 0.102. The van der Waals surface area contributed by atoms with Crippen LogP contribution in [0, 0.1) is 5.82 Å². The number of anilines is 1. The molecular formula is C21H25Cl2FN6O2S. The first kappa shape index (κ1) is 24.0. The third-order valence-corrected chi connectivity index (χ3v) is 11.2. The average molecular weight is 515 g/mol. The number of carbonyl (C=O) groups excluding carboxylic acids is 1. The number of nitrogens with one attached hydrogen (secondary N) is 2. The first-order valence-corrected chi connectivity index (χ1v) is 12.9. The maximum atomic E-state index is 15.1. The lowest BCUT2D eigenvalue weighted by Gasteiger charge is -2.55. The number of amides is 1. The van der Waals surface area contributed by atoms with Crippen molar-refractivity contribution in [2.24, 2.45) is 10.7 Å². The molecule has 0 bridgehead atoms. The number of rotatable bonds is 3. The number of aromatic nitrogens is 2. The Morgan fingerprint density at radius 2 is 2.06 bits per heavy atom. The fourth-order valence-corrected chi connectivity index (χ4v) is 8.70. The lowest BCUT2D eigenvalue weighted by Crippen LogP contribution is -2.69. The molecule has 178 valence electrons. The van der Waals surface area contributed by atoms with Crippen LogP contribution in [0.4, 0.5) is 10.2 Å². The Kier molecular flexibility index (Phi) is 6.01. The van der Waals surface area contributed by atoms with Gasteiger partial charge in [0.25, 0.3) is 5.91 Å². The second-order valence-corrected chi connectivity index (χ2v) is 13.1. The number of aliphatic imine (C=N–C) groups is 1. The predicted molar refractivity (Wildman–Crippen MR) is 130 cm³/mol. The molecule has 0 radical (unpaired) electrons. The monoisotopic (exact) mass is 514 g/mol. The van der Waals surface area contributed by atoms with Gasteiger partial charge in [0.05, 0.1) is 20.0 Å². The van der Waals surface area contributed by atoms with Crippen molar-refractivity contribution in [2.75, 3.05) is 11.9 Å². The summed E-state index contributed by atoms with van der Waals surface area (Å²) < 4.78 is 31.6. The number of carbonyl (C=O) groups is 1. The molecule has 0 saturated carbocycles. The van der Waals surface area contributed by atoms with Crippen molar-refractivity contribution in [1.29, 1.82) is 0 Å². The molecule has 2 aromatic rings. The zero-order chi connectivity index (χ0) is 24.2. The number of pyridine rings is 2. The van der Waals surface area contributed by atoms with Crippen LogP contribution in [0.2, 0.25) is 10.0 Å². The molecule has 4 heterocycles. The SMILES string of the molecule is CC1(C)C(N)=N[C@](C)(c2nc(NC(=O)c3ncc(Cl)cc3Cl)ccc2F)[C@H]2CCCN[SH]21=O. The van der Waals surface area contributed by atoms with Crippen molar-refractivity contribution in [3.8, 4) is 0 Å². The molecule has 2 aliphatic heterocycles. The van der Waals surface area contributed by atoms with E-state index < -0.39 is 37.4 Å². The molecule has 8 nitrogen and oxygen atoms in total. The molecule has 0 unspecified atom stereocenters. The Bertz CT molecular complexity index is 1220. The molecule has 4 rings (SSSR count). The molecule has 1 saturated heterocycles. The van der Waals surface area contributed by atoms with E-state index >= 15 is 4.39 Å². The first-order chi connectivity index (χ1) is 15.4. The zero-order valence-corrected chi connectivity index (χ0v) is 20.7. The van der Waals surface area contributed by atoms with Gasteiger partial charge in [0.2, 0.25) is 0 Å². The fraction of sp³-hybridized carbons (Fsp3) is 0.429. The van der Waals surface area contributed by atoms with Crippen molar-refractivity contribution in [3.63, 3.8) is 0 Å². The van der Waals surface area contributed by atoms with E-state index in [0.717, 1.165) is 6.42 Å². The van der Waals surface area contributed by atoms with E-state index in [4.69, 9.17) is 28.9 Å². The summed E-state index contributed by atoms with van der Waals surface area (Å²) in [6.07, 6.45) is 2.62. The highest BCUT2D eigenvalue weighted by Crippen LogP contribution is 2.48. The van der Waals surface area contributed by atoms with Crippen LogP contribution in [-0.2, 0) is 15.7 Å².